The van der Waals surface area contributed by atoms with Crippen molar-refractivity contribution in [3.05, 3.63) is 46.4 Å². The summed E-state index contributed by atoms with van der Waals surface area (Å²) >= 11 is 5.44. The Labute approximate surface area is 131 Å². The number of halogens is 1. The number of fused-ring (bicyclic) bond motifs is 1. The summed E-state index contributed by atoms with van der Waals surface area (Å²) in [6.45, 7) is 0.796. The zero-order valence-corrected chi connectivity index (χ0v) is 13.5. The van der Waals surface area contributed by atoms with Crippen molar-refractivity contribution in [1.29, 1.82) is 0 Å². The molecule has 1 amide bonds. The SMILES string of the molecule is O=C(NCC1CCSC1)c1ccc2cc(Br)ccc2c1. The maximum absolute atomic E-state index is 12.2. The number of hydrogen-bond acceptors (Lipinski definition) is 2. The Hall–Kier alpha value is -1.00. The van der Waals surface area contributed by atoms with Gasteiger partial charge in [-0.2, -0.15) is 11.8 Å². The quantitative estimate of drug-likeness (QED) is 0.904. The van der Waals surface area contributed by atoms with Crippen molar-refractivity contribution in [3.63, 3.8) is 0 Å². The van der Waals surface area contributed by atoms with Gasteiger partial charge in [-0.3, -0.25) is 4.79 Å². The molecule has 1 atom stereocenters. The topological polar surface area (TPSA) is 29.1 Å². The van der Waals surface area contributed by atoms with Gasteiger partial charge in [0.25, 0.3) is 5.91 Å². The molecule has 1 heterocycles. The molecule has 1 aliphatic rings. The van der Waals surface area contributed by atoms with Gasteiger partial charge in [-0.15, -0.1) is 0 Å². The van der Waals surface area contributed by atoms with E-state index in [1.165, 1.54) is 17.9 Å². The summed E-state index contributed by atoms with van der Waals surface area (Å²) in [6.07, 6.45) is 1.22. The van der Waals surface area contributed by atoms with E-state index in [9.17, 15) is 4.79 Å². The number of thioether (sulfide) groups is 1. The summed E-state index contributed by atoms with van der Waals surface area (Å²) in [7, 11) is 0. The second-order valence-electron chi connectivity index (χ2n) is 5.15. The fourth-order valence-electron chi connectivity index (χ4n) is 2.44. The molecule has 0 aromatic heterocycles. The summed E-state index contributed by atoms with van der Waals surface area (Å²) in [5.41, 5.74) is 0.741. The van der Waals surface area contributed by atoms with E-state index in [0.717, 1.165) is 27.4 Å². The first kappa shape index (κ1) is 14.0. The summed E-state index contributed by atoms with van der Waals surface area (Å²) in [5, 5.41) is 5.29. The van der Waals surface area contributed by atoms with Gasteiger partial charge in [0.15, 0.2) is 0 Å². The maximum Gasteiger partial charge on any atom is 0.251 e. The summed E-state index contributed by atoms with van der Waals surface area (Å²) < 4.78 is 1.06. The van der Waals surface area contributed by atoms with Gasteiger partial charge in [0.1, 0.15) is 0 Å². The smallest absolute Gasteiger partial charge is 0.251 e. The Balaban J connectivity index is 1.72. The fraction of sp³-hybridized carbons (Fsp3) is 0.312. The molecule has 20 heavy (non-hydrogen) atoms. The lowest BCUT2D eigenvalue weighted by Crippen LogP contribution is -2.29. The molecule has 104 valence electrons. The number of benzene rings is 2. The van der Waals surface area contributed by atoms with E-state index in [2.05, 4.69) is 27.3 Å². The highest BCUT2D eigenvalue weighted by atomic mass is 79.9. The van der Waals surface area contributed by atoms with Crippen LogP contribution in [-0.2, 0) is 0 Å². The van der Waals surface area contributed by atoms with Crippen molar-refractivity contribution < 1.29 is 4.79 Å². The monoisotopic (exact) mass is 349 g/mol. The molecular weight excluding hydrogens is 334 g/mol. The van der Waals surface area contributed by atoms with E-state index in [-0.39, 0.29) is 5.91 Å². The van der Waals surface area contributed by atoms with Gasteiger partial charge in [-0.05, 0) is 58.9 Å². The fourth-order valence-corrected chi connectivity index (χ4v) is 4.10. The lowest BCUT2D eigenvalue weighted by atomic mass is 10.1. The van der Waals surface area contributed by atoms with Gasteiger partial charge in [-0.25, -0.2) is 0 Å². The average Bonchev–Trinajstić information content (AvgIpc) is 2.97. The van der Waals surface area contributed by atoms with E-state index in [0.29, 0.717) is 5.92 Å². The van der Waals surface area contributed by atoms with Gasteiger partial charge >= 0.3 is 0 Å². The highest BCUT2D eigenvalue weighted by Gasteiger charge is 2.16. The van der Waals surface area contributed by atoms with E-state index in [1.807, 2.05) is 42.1 Å². The molecule has 3 rings (SSSR count). The lowest BCUT2D eigenvalue weighted by Gasteiger charge is -2.10. The normalized spacial score (nSPS) is 18.4. The highest BCUT2D eigenvalue weighted by molar-refractivity contribution is 9.10. The van der Waals surface area contributed by atoms with Gasteiger partial charge in [-0.1, -0.05) is 28.1 Å². The lowest BCUT2D eigenvalue weighted by molar-refractivity contribution is 0.0948. The largest absolute Gasteiger partial charge is 0.352 e. The number of rotatable bonds is 3. The van der Waals surface area contributed by atoms with Crippen LogP contribution in [0.2, 0.25) is 0 Å². The van der Waals surface area contributed by atoms with Crippen LogP contribution >= 0.6 is 27.7 Å². The van der Waals surface area contributed by atoms with Gasteiger partial charge in [0, 0.05) is 16.6 Å². The van der Waals surface area contributed by atoms with Crippen LogP contribution < -0.4 is 5.32 Å². The minimum atomic E-state index is 0.0340. The molecule has 1 unspecified atom stereocenters. The zero-order chi connectivity index (χ0) is 13.9. The predicted molar refractivity (Wildman–Crippen MR) is 89.4 cm³/mol. The van der Waals surface area contributed by atoms with Crippen molar-refractivity contribution >= 4 is 44.4 Å². The van der Waals surface area contributed by atoms with Crippen LogP contribution in [0.5, 0.6) is 0 Å². The first-order valence-electron chi connectivity index (χ1n) is 6.77. The molecule has 4 heteroatoms. The molecule has 2 nitrogen and oxygen atoms in total. The molecular formula is C16H16BrNOS. The van der Waals surface area contributed by atoms with Gasteiger partial charge < -0.3 is 5.32 Å². The van der Waals surface area contributed by atoms with Crippen LogP contribution in [0.15, 0.2) is 40.9 Å². The third-order valence-corrected chi connectivity index (χ3v) is 5.36. The Morgan fingerprint density at radius 2 is 2.05 bits per heavy atom. The van der Waals surface area contributed by atoms with Crippen molar-refractivity contribution in [2.24, 2.45) is 5.92 Å². The molecule has 0 radical (unpaired) electrons. The minimum absolute atomic E-state index is 0.0340. The first-order valence-corrected chi connectivity index (χ1v) is 8.72. The van der Waals surface area contributed by atoms with Gasteiger partial charge in [0.2, 0.25) is 0 Å². The van der Waals surface area contributed by atoms with Crippen LogP contribution in [0, 0.1) is 5.92 Å². The van der Waals surface area contributed by atoms with Crippen LogP contribution in [0.25, 0.3) is 10.8 Å². The van der Waals surface area contributed by atoms with Crippen molar-refractivity contribution in [2.45, 2.75) is 6.42 Å². The molecule has 0 bridgehead atoms. The number of carbonyl (C=O) groups excluding carboxylic acids is 1. The molecule has 1 aliphatic heterocycles. The van der Waals surface area contributed by atoms with Crippen LogP contribution in [-0.4, -0.2) is 24.0 Å². The van der Waals surface area contributed by atoms with E-state index in [4.69, 9.17) is 0 Å². The Bertz CT molecular complexity index is 637. The number of hydrogen-bond donors (Lipinski definition) is 1. The molecule has 0 saturated carbocycles. The van der Waals surface area contributed by atoms with Gasteiger partial charge in [0.05, 0.1) is 0 Å². The molecule has 0 spiro atoms. The third-order valence-electron chi connectivity index (χ3n) is 3.64. The number of nitrogens with one attached hydrogen (secondary N) is 1. The molecule has 1 fully saturated rings. The molecule has 2 aromatic carbocycles. The summed E-state index contributed by atoms with van der Waals surface area (Å²) in [5.74, 6) is 3.07. The molecule has 1 N–H and O–H groups in total. The van der Waals surface area contributed by atoms with E-state index >= 15 is 0 Å². The minimum Gasteiger partial charge on any atom is -0.352 e. The van der Waals surface area contributed by atoms with E-state index in [1.54, 1.807) is 0 Å². The molecule has 1 saturated heterocycles. The maximum atomic E-state index is 12.2. The first-order chi connectivity index (χ1) is 9.72. The van der Waals surface area contributed by atoms with E-state index < -0.39 is 0 Å². The summed E-state index contributed by atoms with van der Waals surface area (Å²) in [4.78, 5) is 12.2. The average molecular weight is 350 g/mol. The molecule has 2 aromatic rings. The number of carbonyl (C=O) groups is 1. The number of amides is 1. The Kier molecular flexibility index (Phi) is 4.32. The Morgan fingerprint density at radius 3 is 2.85 bits per heavy atom. The van der Waals surface area contributed by atoms with Crippen LogP contribution in [0.4, 0.5) is 0 Å². The van der Waals surface area contributed by atoms with Crippen LogP contribution in [0.3, 0.4) is 0 Å². The van der Waals surface area contributed by atoms with Crippen molar-refractivity contribution in [2.75, 3.05) is 18.1 Å². The third kappa shape index (κ3) is 3.18. The molecule has 0 aliphatic carbocycles. The second-order valence-corrected chi connectivity index (χ2v) is 7.21. The predicted octanol–water partition coefficient (Wildman–Crippen LogP) is 4.09. The summed E-state index contributed by atoms with van der Waals surface area (Å²) in [6, 6.07) is 11.9. The standard InChI is InChI=1S/C16H16BrNOS/c17-15-4-3-12-7-14(2-1-13(12)8-15)16(19)18-9-11-5-6-20-10-11/h1-4,7-8,11H,5-6,9-10H2,(H,18,19). The zero-order valence-electron chi connectivity index (χ0n) is 11.1. The highest BCUT2D eigenvalue weighted by Crippen LogP contribution is 2.23. The van der Waals surface area contributed by atoms with Crippen LogP contribution in [0.1, 0.15) is 16.8 Å². The second kappa shape index (κ2) is 6.19. The Morgan fingerprint density at radius 1 is 1.25 bits per heavy atom. The van der Waals surface area contributed by atoms with Crippen molar-refractivity contribution in [3.8, 4) is 0 Å². The van der Waals surface area contributed by atoms with Crippen molar-refractivity contribution in [1.82, 2.24) is 5.32 Å².